The smallest absolute Gasteiger partial charge is 0.296 e. The van der Waals surface area contributed by atoms with Gasteiger partial charge in [-0.25, -0.2) is 16.8 Å². The van der Waals surface area contributed by atoms with Gasteiger partial charge in [-0.1, -0.05) is 17.7 Å². The van der Waals surface area contributed by atoms with Crippen LogP contribution in [0.3, 0.4) is 0 Å². The zero-order chi connectivity index (χ0) is 21.0. The lowest BCUT2D eigenvalue weighted by molar-refractivity contribution is 0.241. The van der Waals surface area contributed by atoms with Crippen LogP contribution in [0.2, 0.25) is 0 Å². The minimum absolute atomic E-state index is 0.00926. The number of benzene rings is 1. The summed E-state index contributed by atoms with van der Waals surface area (Å²) >= 11 is 0. The van der Waals surface area contributed by atoms with Crippen molar-refractivity contribution in [2.75, 3.05) is 36.2 Å². The second-order valence-corrected chi connectivity index (χ2v) is 13.3. The quantitative estimate of drug-likeness (QED) is 0.638. The van der Waals surface area contributed by atoms with E-state index in [9.17, 15) is 25.3 Å². The Morgan fingerprint density at radius 3 is 1.86 bits per heavy atom. The lowest BCUT2D eigenvalue weighted by Crippen LogP contribution is -2.16. The number of aliphatic hydroxyl groups excluding tert-OH is 1. The van der Waals surface area contributed by atoms with Crippen LogP contribution in [-0.2, 0) is 34.0 Å². The predicted molar refractivity (Wildman–Crippen MR) is 105 cm³/mol. The third-order valence-electron chi connectivity index (χ3n) is 4.68. The number of hydrogen-bond donors (Lipinski definition) is 1. The molecule has 3 rings (SSSR count). The van der Waals surface area contributed by atoms with Gasteiger partial charge in [-0.2, -0.15) is 8.42 Å². The van der Waals surface area contributed by atoms with E-state index in [0.717, 1.165) is 5.56 Å². The first-order valence-electron chi connectivity index (χ1n) is 8.90. The molecule has 0 amide bonds. The Balaban J connectivity index is 0.000000261. The van der Waals surface area contributed by atoms with Crippen LogP contribution in [0.4, 0.5) is 0 Å². The van der Waals surface area contributed by atoms with E-state index in [-0.39, 0.29) is 53.0 Å². The van der Waals surface area contributed by atoms with Gasteiger partial charge in [0.05, 0.1) is 34.5 Å². The summed E-state index contributed by atoms with van der Waals surface area (Å²) in [7, 11) is -9.57. The molecule has 2 fully saturated rings. The van der Waals surface area contributed by atoms with Crippen LogP contribution in [0.5, 0.6) is 0 Å². The Morgan fingerprint density at radius 2 is 1.46 bits per heavy atom. The van der Waals surface area contributed by atoms with Crippen molar-refractivity contribution < 1.29 is 34.5 Å². The molecule has 2 saturated heterocycles. The molecule has 160 valence electrons. The summed E-state index contributed by atoms with van der Waals surface area (Å²) in [5.74, 6) is 0.351. The first-order valence-corrected chi connectivity index (χ1v) is 14.0. The van der Waals surface area contributed by atoms with E-state index in [1.54, 1.807) is 12.1 Å². The Kier molecular flexibility index (Phi) is 7.65. The Hall–Kier alpha value is -1.01. The molecule has 0 spiro atoms. The van der Waals surface area contributed by atoms with Crippen molar-refractivity contribution in [2.24, 2.45) is 11.8 Å². The van der Waals surface area contributed by atoms with Gasteiger partial charge in [0.25, 0.3) is 10.1 Å². The molecule has 2 aliphatic rings. The van der Waals surface area contributed by atoms with E-state index in [1.165, 1.54) is 12.1 Å². The predicted octanol–water partition coefficient (Wildman–Crippen LogP) is 0.548. The van der Waals surface area contributed by atoms with Gasteiger partial charge in [0.2, 0.25) is 0 Å². The lowest BCUT2D eigenvalue weighted by Gasteiger charge is -2.09. The molecule has 11 heteroatoms. The number of rotatable bonds is 5. The Labute approximate surface area is 166 Å². The average Bonchev–Trinajstić information content (AvgIpc) is 3.15. The summed E-state index contributed by atoms with van der Waals surface area (Å²) < 4.78 is 72.6. The maximum atomic E-state index is 11.9. The van der Waals surface area contributed by atoms with Gasteiger partial charge in [0, 0.05) is 6.61 Å². The second-order valence-electron chi connectivity index (χ2n) is 7.27. The molecule has 1 aromatic carbocycles. The summed E-state index contributed by atoms with van der Waals surface area (Å²) in [6.45, 7) is 1.80. The van der Waals surface area contributed by atoms with E-state index in [1.807, 2.05) is 6.92 Å². The fraction of sp³-hybridized carbons (Fsp3) is 0.647. The van der Waals surface area contributed by atoms with Gasteiger partial charge in [-0.15, -0.1) is 0 Å². The van der Waals surface area contributed by atoms with Crippen LogP contribution in [0, 0.1) is 18.8 Å². The first kappa shape index (κ1) is 23.3. The Bertz CT molecular complexity index is 964. The summed E-state index contributed by atoms with van der Waals surface area (Å²) in [4.78, 5) is 0.0963. The SMILES string of the molecule is Cc1ccc(S(=O)(=O)OCC2CCS(=O)(=O)C2)cc1.O=S1(=O)CCC(CO)C1. The molecule has 0 saturated carbocycles. The molecule has 0 aromatic heterocycles. The number of aliphatic hydroxyl groups is 1. The van der Waals surface area contributed by atoms with Crippen LogP contribution in [0.1, 0.15) is 18.4 Å². The maximum Gasteiger partial charge on any atom is 0.296 e. The molecule has 1 N–H and O–H groups in total. The van der Waals surface area contributed by atoms with E-state index in [0.29, 0.717) is 12.8 Å². The summed E-state index contributed by atoms with van der Waals surface area (Å²) in [5.41, 5.74) is 0.959. The highest BCUT2D eigenvalue weighted by Gasteiger charge is 2.29. The third-order valence-corrected chi connectivity index (χ3v) is 9.65. The molecule has 28 heavy (non-hydrogen) atoms. The molecule has 2 unspecified atom stereocenters. The average molecular weight is 455 g/mol. The summed E-state index contributed by atoms with van der Waals surface area (Å²) in [6, 6.07) is 6.35. The molecular formula is C17H26O8S3. The fourth-order valence-corrected chi connectivity index (χ4v) is 7.65. The molecule has 0 bridgehead atoms. The number of hydrogen-bond acceptors (Lipinski definition) is 8. The van der Waals surface area contributed by atoms with Gasteiger partial charge < -0.3 is 5.11 Å². The van der Waals surface area contributed by atoms with Crippen molar-refractivity contribution in [1.82, 2.24) is 0 Å². The minimum atomic E-state index is -3.80. The largest absolute Gasteiger partial charge is 0.396 e. The molecule has 0 radical (unpaired) electrons. The fourth-order valence-electron chi connectivity index (χ4n) is 2.98. The molecule has 2 heterocycles. The van der Waals surface area contributed by atoms with Gasteiger partial charge in [0.1, 0.15) is 0 Å². The van der Waals surface area contributed by atoms with Gasteiger partial charge >= 0.3 is 0 Å². The third kappa shape index (κ3) is 7.11. The monoisotopic (exact) mass is 454 g/mol. The lowest BCUT2D eigenvalue weighted by atomic mass is 10.1. The molecule has 2 atom stereocenters. The molecular weight excluding hydrogens is 428 g/mol. The van der Waals surface area contributed by atoms with Crippen molar-refractivity contribution in [3.05, 3.63) is 29.8 Å². The number of sulfone groups is 2. The number of aryl methyl sites for hydroxylation is 1. The molecule has 1 aromatic rings. The maximum absolute atomic E-state index is 11.9. The zero-order valence-electron chi connectivity index (χ0n) is 15.7. The van der Waals surface area contributed by atoms with E-state index in [2.05, 4.69) is 0 Å². The van der Waals surface area contributed by atoms with Crippen LogP contribution in [0.15, 0.2) is 29.2 Å². The van der Waals surface area contributed by atoms with Crippen molar-refractivity contribution >= 4 is 29.8 Å². The standard InChI is InChI=1S/C12H16O5S2.C5H10O3S/c1-10-2-4-12(5-3-10)19(15,16)17-8-11-6-7-18(13,14)9-11;6-3-5-1-2-9(7,8)4-5/h2-5,11H,6-9H2,1H3;5-6H,1-4H2. The van der Waals surface area contributed by atoms with Crippen LogP contribution >= 0.6 is 0 Å². The minimum Gasteiger partial charge on any atom is -0.396 e. The van der Waals surface area contributed by atoms with Crippen LogP contribution < -0.4 is 0 Å². The van der Waals surface area contributed by atoms with Crippen molar-refractivity contribution in [3.63, 3.8) is 0 Å². The molecule has 8 nitrogen and oxygen atoms in total. The highest BCUT2D eigenvalue weighted by molar-refractivity contribution is 7.91. The highest BCUT2D eigenvalue weighted by Crippen LogP contribution is 2.21. The topological polar surface area (TPSA) is 132 Å². The van der Waals surface area contributed by atoms with Gasteiger partial charge in [0.15, 0.2) is 19.7 Å². The van der Waals surface area contributed by atoms with Crippen LogP contribution in [-0.4, -0.2) is 66.6 Å². The van der Waals surface area contributed by atoms with Crippen molar-refractivity contribution in [2.45, 2.75) is 24.7 Å². The zero-order valence-corrected chi connectivity index (χ0v) is 18.1. The van der Waals surface area contributed by atoms with Crippen molar-refractivity contribution in [1.29, 1.82) is 0 Å². The van der Waals surface area contributed by atoms with E-state index in [4.69, 9.17) is 9.29 Å². The Morgan fingerprint density at radius 1 is 0.964 bits per heavy atom. The molecule has 2 aliphatic heterocycles. The van der Waals surface area contributed by atoms with E-state index < -0.39 is 29.8 Å². The summed E-state index contributed by atoms with van der Waals surface area (Å²) in [5, 5.41) is 8.53. The second kappa shape index (κ2) is 9.21. The van der Waals surface area contributed by atoms with Crippen molar-refractivity contribution in [3.8, 4) is 0 Å². The highest BCUT2D eigenvalue weighted by atomic mass is 32.2. The van der Waals surface area contributed by atoms with Crippen LogP contribution in [0.25, 0.3) is 0 Å². The first-order chi connectivity index (χ1) is 12.9. The normalized spacial score (nSPS) is 25.8. The van der Waals surface area contributed by atoms with Gasteiger partial charge in [-0.05, 0) is 43.7 Å². The van der Waals surface area contributed by atoms with E-state index >= 15 is 0 Å². The van der Waals surface area contributed by atoms with Gasteiger partial charge in [-0.3, -0.25) is 4.18 Å². The summed E-state index contributed by atoms with van der Waals surface area (Å²) in [6.07, 6.45) is 1.10. The molecule has 0 aliphatic carbocycles.